The van der Waals surface area contributed by atoms with E-state index in [0.29, 0.717) is 10.9 Å². The Kier molecular flexibility index (Phi) is 3.41. The number of anilines is 1. The lowest BCUT2D eigenvalue weighted by molar-refractivity contribution is -0.384. The lowest BCUT2D eigenvalue weighted by Gasteiger charge is -2.21. The number of nitrogens with zero attached hydrogens (tertiary/aromatic N) is 3. The Morgan fingerprint density at radius 2 is 2.10 bits per heavy atom. The molecule has 20 heavy (non-hydrogen) atoms. The molecule has 102 valence electrons. The highest BCUT2D eigenvalue weighted by molar-refractivity contribution is 8.00. The predicted octanol–water partition coefficient (Wildman–Crippen LogP) is 2.83. The van der Waals surface area contributed by atoms with Gasteiger partial charge in [-0.2, -0.15) is 0 Å². The number of hydrogen-bond acceptors (Lipinski definition) is 6. The van der Waals surface area contributed by atoms with Gasteiger partial charge in [-0.1, -0.05) is 0 Å². The Bertz CT molecular complexity index is 642. The van der Waals surface area contributed by atoms with E-state index in [9.17, 15) is 14.9 Å². The van der Waals surface area contributed by atoms with Gasteiger partial charge >= 0.3 is 0 Å². The number of carbonyl (C=O) groups is 1. The summed E-state index contributed by atoms with van der Waals surface area (Å²) in [5.74, 6) is 0.398. The minimum absolute atomic E-state index is 0.00769. The Morgan fingerprint density at radius 1 is 1.35 bits per heavy atom. The summed E-state index contributed by atoms with van der Waals surface area (Å²) in [4.78, 5) is 28.0. The molecule has 2 heterocycles. The highest BCUT2D eigenvalue weighted by atomic mass is 32.2. The zero-order chi connectivity index (χ0) is 14.1. The van der Waals surface area contributed by atoms with Crippen LogP contribution in [0.1, 0.15) is 10.9 Å². The van der Waals surface area contributed by atoms with Gasteiger partial charge < -0.3 is 0 Å². The van der Waals surface area contributed by atoms with Crippen molar-refractivity contribution in [2.75, 3.05) is 10.7 Å². The molecule has 1 atom stereocenters. The fourth-order valence-corrected chi connectivity index (χ4v) is 3.88. The first kappa shape index (κ1) is 13.1. The van der Waals surface area contributed by atoms with E-state index in [1.807, 2.05) is 5.38 Å². The van der Waals surface area contributed by atoms with E-state index < -0.39 is 4.92 Å². The normalized spacial score (nSPS) is 18.5. The van der Waals surface area contributed by atoms with Crippen molar-refractivity contribution in [2.45, 2.75) is 5.37 Å². The summed E-state index contributed by atoms with van der Waals surface area (Å²) in [5, 5.41) is 13.0. The van der Waals surface area contributed by atoms with Crippen molar-refractivity contribution in [1.82, 2.24) is 4.98 Å². The van der Waals surface area contributed by atoms with Gasteiger partial charge in [0.05, 0.1) is 10.7 Å². The fraction of sp³-hybridized carbons (Fsp3) is 0.167. The maximum absolute atomic E-state index is 12.0. The zero-order valence-electron chi connectivity index (χ0n) is 10.1. The molecular formula is C12H9N3O3S2. The predicted molar refractivity (Wildman–Crippen MR) is 77.9 cm³/mol. The molecule has 1 fully saturated rings. The molecule has 1 aliphatic rings. The Morgan fingerprint density at radius 3 is 2.70 bits per heavy atom. The fourth-order valence-electron chi connectivity index (χ4n) is 1.97. The van der Waals surface area contributed by atoms with E-state index in [1.165, 1.54) is 35.2 Å². The van der Waals surface area contributed by atoms with Crippen LogP contribution in [0.4, 0.5) is 10.8 Å². The van der Waals surface area contributed by atoms with Gasteiger partial charge in [-0.25, -0.2) is 4.98 Å². The van der Waals surface area contributed by atoms with Crippen LogP contribution in [0.15, 0.2) is 35.8 Å². The molecule has 6 nitrogen and oxygen atoms in total. The smallest absolute Gasteiger partial charge is 0.269 e. The molecule has 0 bridgehead atoms. The van der Waals surface area contributed by atoms with E-state index in [0.717, 1.165) is 5.56 Å². The summed E-state index contributed by atoms with van der Waals surface area (Å²) in [6.07, 6.45) is 1.66. The summed E-state index contributed by atoms with van der Waals surface area (Å²) < 4.78 is 0. The molecule has 1 aliphatic heterocycles. The van der Waals surface area contributed by atoms with E-state index in [1.54, 1.807) is 23.2 Å². The lowest BCUT2D eigenvalue weighted by Crippen LogP contribution is -2.27. The van der Waals surface area contributed by atoms with Crippen molar-refractivity contribution >= 4 is 39.8 Å². The highest BCUT2D eigenvalue weighted by Crippen LogP contribution is 2.42. The van der Waals surface area contributed by atoms with Crippen LogP contribution in [-0.2, 0) is 4.79 Å². The Hall–Kier alpha value is -1.93. The molecular weight excluding hydrogens is 298 g/mol. The van der Waals surface area contributed by atoms with Crippen LogP contribution >= 0.6 is 23.1 Å². The highest BCUT2D eigenvalue weighted by Gasteiger charge is 2.35. The van der Waals surface area contributed by atoms with Gasteiger partial charge in [0.2, 0.25) is 5.91 Å². The van der Waals surface area contributed by atoms with E-state index in [-0.39, 0.29) is 17.0 Å². The zero-order valence-corrected chi connectivity index (χ0v) is 11.8. The van der Waals surface area contributed by atoms with Gasteiger partial charge in [-0.15, -0.1) is 23.1 Å². The maximum atomic E-state index is 12.0. The third-order valence-electron chi connectivity index (χ3n) is 2.88. The SMILES string of the molecule is O=C1CSC(c2ccc([N+](=O)[O-])cc2)N1c1nccs1. The molecule has 1 aromatic carbocycles. The second kappa shape index (κ2) is 5.22. The average Bonchev–Trinajstić information content (AvgIpc) is 3.07. The molecule has 2 aromatic rings. The van der Waals surface area contributed by atoms with Crippen LogP contribution in [-0.4, -0.2) is 21.6 Å². The number of rotatable bonds is 3. The number of carbonyl (C=O) groups excluding carboxylic acids is 1. The van der Waals surface area contributed by atoms with E-state index in [2.05, 4.69) is 4.98 Å². The Labute approximate surface area is 122 Å². The number of amides is 1. The van der Waals surface area contributed by atoms with Gasteiger partial charge in [0, 0.05) is 23.7 Å². The van der Waals surface area contributed by atoms with Gasteiger partial charge in [0.15, 0.2) is 5.13 Å². The number of thioether (sulfide) groups is 1. The second-order valence-corrected chi connectivity index (χ2v) is 6.03. The molecule has 1 saturated heterocycles. The monoisotopic (exact) mass is 307 g/mol. The Balaban J connectivity index is 1.92. The molecule has 8 heteroatoms. The van der Waals surface area contributed by atoms with Crippen molar-refractivity contribution in [3.8, 4) is 0 Å². The molecule has 1 amide bonds. The van der Waals surface area contributed by atoms with Gasteiger partial charge in [-0.3, -0.25) is 19.8 Å². The summed E-state index contributed by atoms with van der Waals surface area (Å²) in [6.45, 7) is 0. The first-order chi connectivity index (χ1) is 9.66. The number of non-ortho nitro benzene ring substituents is 1. The first-order valence-electron chi connectivity index (χ1n) is 5.74. The standard InChI is InChI=1S/C12H9N3O3S2/c16-10-7-20-11(14(10)12-13-5-6-19-12)8-1-3-9(4-2-8)15(17)18/h1-6,11H,7H2. The quantitative estimate of drug-likeness (QED) is 0.643. The number of aromatic nitrogens is 1. The van der Waals surface area contributed by atoms with Crippen molar-refractivity contribution in [2.24, 2.45) is 0 Å². The molecule has 0 radical (unpaired) electrons. The molecule has 0 N–H and O–H groups in total. The second-order valence-electron chi connectivity index (χ2n) is 4.09. The van der Waals surface area contributed by atoms with Crippen LogP contribution in [0.3, 0.4) is 0 Å². The largest absolute Gasteiger partial charge is 0.273 e. The summed E-state index contributed by atoms with van der Waals surface area (Å²) in [6, 6.07) is 6.29. The van der Waals surface area contributed by atoms with Gasteiger partial charge in [0.1, 0.15) is 5.37 Å². The molecule has 1 unspecified atom stereocenters. The number of thiazole rings is 1. The topological polar surface area (TPSA) is 76.3 Å². The van der Waals surface area contributed by atoms with Crippen molar-refractivity contribution in [3.63, 3.8) is 0 Å². The van der Waals surface area contributed by atoms with Crippen LogP contribution in [0.5, 0.6) is 0 Å². The molecule has 0 saturated carbocycles. The van der Waals surface area contributed by atoms with Gasteiger partial charge in [0.25, 0.3) is 5.69 Å². The van der Waals surface area contributed by atoms with Crippen molar-refractivity contribution < 1.29 is 9.72 Å². The summed E-state index contributed by atoms with van der Waals surface area (Å²) in [7, 11) is 0. The van der Waals surface area contributed by atoms with Crippen LogP contribution in [0.25, 0.3) is 0 Å². The molecule has 1 aromatic heterocycles. The minimum atomic E-state index is -0.435. The summed E-state index contributed by atoms with van der Waals surface area (Å²) >= 11 is 2.90. The minimum Gasteiger partial charge on any atom is -0.273 e. The number of nitro groups is 1. The number of nitro benzene ring substituents is 1. The van der Waals surface area contributed by atoms with Crippen molar-refractivity contribution in [3.05, 3.63) is 51.5 Å². The van der Waals surface area contributed by atoms with Crippen LogP contribution in [0, 0.1) is 10.1 Å². The number of hydrogen-bond donors (Lipinski definition) is 0. The first-order valence-corrected chi connectivity index (χ1v) is 7.67. The number of benzene rings is 1. The van der Waals surface area contributed by atoms with Gasteiger partial charge in [-0.05, 0) is 17.7 Å². The van der Waals surface area contributed by atoms with Crippen LogP contribution in [0.2, 0.25) is 0 Å². The third kappa shape index (κ3) is 2.27. The molecule has 0 aliphatic carbocycles. The average molecular weight is 307 g/mol. The summed E-state index contributed by atoms with van der Waals surface area (Å²) in [5.41, 5.74) is 0.908. The molecule has 0 spiro atoms. The third-order valence-corrected chi connectivity index (χ3v) is 4.87. The van der Waals surface area contributed by atoms with E-state index >= 15 is 0 Å². The van der Waals surface area contributed by atoms with Crippen LogP contribution < -0.4 is 4.90 Å². The molecule has 3 rings (SSSR count). The maximum Gasteiger partial charge on any atom is 0.269 e. The lowest BCUT2D eigenvalue weighted by atomic mass is 10.2. The van der Waals surface area contributed by atoms with Crippen molar-refractivity contribution in [1.29, 1.82) is 0 Å². The van der Waals surface area contributed by atoms with E-state index in [4.69, 9.17) is 0 Å².